The van der Waals surface area contributed by atoms with Crippen LogP contribution in [-0.2, 0) is 17.8 Å². The molecule has 1 N–H and O–H groups in total. The minimum absolute atomic E-state index is 0.0818. The average Bonchev–Trinajstić information content (AvgIpc) is 3.20. The largest absolute Gasteiger partial charge is 0.441 e. The molecule has 2 aliphatic rings. The third kappa shape index (κ3) is 4.99. The Labute approximate surface area is 200 Å². The molecule has 0 spiro atoms. The van der Waals surface area contributed by atoms with E-state index >= 15 is 0 Å². The SMILES string of the molecule is Cc1oc(-c2ccc(Cl)cc2)nc1CN1CCC(C(=O)N[C@H]2CCCc3ccccc32)CC1. The van der Waals surface area contributed by atoms with Crippen molar-refractivity contribution in [1.29, 1.82) is 0 Å². The third-order valence-electron chi connectivity index (χ3n) is 7.00. The lowest BCUT2D eigenvalue weighted by atomic mass is 9.87. The van der Waals surface area contributed by atoms with Crippen molar-refractivity contribution in [1.82, 2.24) is 15.2 Å². The standard InChI is InChI=1S/C27H30ClN3O2/c1-18-25(30-27(33-18)21-9-11-22(28)12-10-21)17-31-15-13-20(14-16-31)26(32)29-24-8-4-6-19-5-2-3-7-23(19)24/h2-3,5,7,9-12,20,24H,4,6,8,13-17H2,1H3,(H,29,32)/t24-/m0/s1. The van der Waals surface area contributed by atoms with Gasteiger partial charge in [-0.3, -0.25) is 9.69 Å². The minimum Gasteiger partial charge on any atom is -0.441 e. The molecular formula is C27H30ClN3O2. The van der Waals surface area contributed by atoms with Gasteiger partial charge in [-0.1, -0.05) is 35.9 Å². The van der Waals surface area contributed by atoms with Crippen LogP contribution in [0.4, 0.5) is 0 Å². The van der Waals surface area contributed by atoms with Gasteiger partial charge in [0, 0.05) is 23.0 Å². The average molecular weight is 464 g/mol. The number of nitrogens with one attached hydrogen (secondary N) is 1. The molecule has 0 radical (unpaired) electrons. The van der Waals surface area contributed by atoms with Gasteiger partial charge < -0.3 is 9.73 Å². The van der Waals surface area contributed by atoms with E-state index in [1.54, 1.807) is 0 Å². The van der Waals surface area contributed by atoms with Gasteiger partial charge in [0.15, 0.2) is 0 Å². The summed E-state index contributed by atoms with van der Waals surface area (Å²) in [5, 5.41) is 4.05. The molecule has 6 heteroatoms. The van der Waals surface area contributed by atoms with E-state index in [1.165, 1.54) is 11.1 Å². The molecule has 33 heavy (non-hydrogen) atoms. The number of likely N-dealkylation sites (tertiary alicyclic amines) is 1. The van der Waals surface area contributed by atoms with E-state index in [0.29, 0.717) is 10.9 Å². The number of hydrogen-bond donors (Lipinski definition) is 1. The molecule has 1 aliphatic carbocycles. The summed E-state index contributed by atoms with van der Waals surface area (Å²) in [5.74, 6) is 1.76. The first kappa shape index (κ1) is 22.2. The molecule has 1 amide bonds. The third-order valence-corrected chi connectivity index (χ3v) is 7.25. The number of nitrogens with zero attached hydrogens (tertiary/aromatic N) is 2. The lowest BCUT2D eigenvalue weighted by Crippen LogP contribution is -2.42. The number of benzene rings is 2. The van der Waals surface area contributed by atoms with E-state index < -0.39 is 0 Å². The quantitative estimate of drug-likeness (QED) is 0.526. The monoisotopic (exact) mass is 463 g/mol. The van der Waals surface area contributed by atoms with E-state index in [2.05, 4.69) is 34.5 Å². The molecule has 1 fully saturated rings. The normalized spacial score (nSPS) is 19.3. The number of aromatic nitrogens is 1. The first-order valence-corrected chi connectivity index (χ1v) is 12.3. The summed E-state index contributed by atoms with van der Waals surface area (Å²) in [4.78, 5) is 20.1. The molecule has 172 valence electrons. The van der Waals surface area contributed by atoms with Gasteiger partial charge in [-0.2, -0.15) is 0 Å². The topological polar surface area (TPSA) is 58.4 Å². The van der Waals surface area contributed by atoms with Crippen molar-refractivity contribution in [2.75, 3.05) is 13.1 Å². The van der Waals surface area contributed by atoms with Gasteiger partial charge in [-0.05, 0) is 87.5 Å². The summed E-state index contributed by atoms with van der Waals surface area (Å²) in [6, 6.07) is 16.2. The molecule has 5 nitrogen and oxygen atoms in total. The van der Waals surface area contributed by atoms with Crippen LogP contribution in [0.25, 0.3) is 11.5 Å². The van der Waals surface area contributed by atoms with E-state index in [-0.39, 0.29) is 17.9 Å². The van der Waals surface area contributed by atoms with Crippen LogP contribution in [0.2, 0.25) is 5.02 Å². The van der Waals surface area contributed by atoms with Gasteiger partial charge >= 0.3 is 0 Å². The van der Waals surface area contributed by atoms with Crippen LogP contribution < -0.4 is 5.32 Å². The van der Waals surface area contributed by atoms with Crippen LogP contribution in [0.5, 0.6) is 0 Å². The van der Waals surface area contributed by atoms with Crippen molar-refractivity contribution in [3.8, 4) is 11.5 Å². The first-order valence-electron chi connectivity index (χ1n) is 11.9. The van der Waals surface area contributed by atoms with Gasteiger partial charge in [-0.25, -0.2) is 4.98 Å². The molecule has 2 heterocycles. The van der Waals surface area contributed by atoms with Gasteiger partial charge in [0.2, 0.25) is 11.8 Å². The van der Waals surface area contributed by atoms with E-state index in [1.807, 2.05) is 31.2 Å². The summed E-state index contributed by atoms with van der Waals surface area (Å²) < 4.78 is 5.91. The number of aryl methyl sites for hydroxylation is 2. The lowest BCUT2D eigenvalue weighted by Gasteiger charge is -2.33. The van der Waals surface area contributed by atoms with Crippen molar-refractivity contribution in [2.45, 2.75) is 51.6 Å². The highest BCUT2D eigenvalue weighted by Crippen LogP contribution is 2.31. The number of oxazole rings is 1. The minimum atomic E-state index is 0.0818. The Morgan fingerprint density at radius 3 is 2.67 bits per heavy atom. The molecule has 1 saturated heterocycles. The molecule has 3 aromatic rings. The Morgan fingerprint density at radius 1 is 1.12 bits per heavy atom. The Kier molecular flexibility index (Phi) is 6.52. The fourth-order valence-electron chi connectivity index (χ4n) is 5.05. The van der Waals surface area contributed by atoms with Crippen molar-refractivity contribution in [3.63, 3.8) is 0 Å². The van der Waals surface area contributed by atoms with Crippen molar-refractivity contribution >= 4 is 17.5 Å². The summed E-state index contributed by atoms with van der Waals surface area (Å²) in [7, 11) is 0. The zero-order valence-corrected chi connectivity index (χ0v) is 19.8. The molecule has 1 atom stereocenters. The Balaban J connectivity index is 1.16. The highest BCUT2D eigenvalue weighted by atomic mass is 35.5. The smallest absolute Gasteiger partial charge is 0.226 e. The highest BCUT2D eigenvalue weighted by Gasteiger charge is 2.29. The van der Waals surface area contributed by atoms with Gasteiger partial charge in [0.1, 0.15) is 5.76 Å². The summed E-state index contributed by atoms with van der Waals surface area (Å²) in [5.41, 5.74) is 4.56. The molecule has 5 rings (SSSR count). The molecule has 1 aromatic heterocycles. The molecule has 0 bridgehead atoms. The van der Waals surface area contributed by atoms with Crippen LogP contribution >= 0.6 is 11.6 Å². The molecule has 0 unspecified atom stereocenters. The molecule has 1 aliphatic heterocycles. The second-order valence-corrected chi connectivity index (χ2v) is 9.67. The van der Waals surface area contributed by atoms with E-state index in [9.17, 15) is 4.79 Å². The van der Waals surface area contributed by atoms with E-state index in [0.717, 1.165) is 68.8 Å². The van der Waals surface area contributed by atoms with Crippen molar-refractivity contribution < 1.29 is 9.21 Å². The number of halogens is 1. The first-order chi connectivity index (χ1) is 16.1. The predicted octanol–water partition coefficient (Wildman–Crippen LogP) is 5.71. The Morgan fingerprint density at radius 2 is 1.88 bits per heavy atom. The maximum Gasteiger partial charge on any atom is 0.226 e. The highest BCUT2D eigenvalue weighted by molar-refractivity contribution is 6.30. The van der Waals surface area contributed by atoms with Crippen LogP contribution in [0, 0.1) is 12.8 Å². The van der Waals surface area contributed by atoms with Crippen molar-refractivity contribution in [3.05, 3.63) is 76.1 Å². The Bertz CT molecular complexity index is 1120. The lowest BCUT2D eigenvalue weighted by molar-refractivity contribution is -0.127. The number of hydrogen-bond acceptors (Lipinski definition) is 4. The van der Waals surface area contributed by atoms with Crippen molar-refractivity contribution in [2.24, 2.45) is 5.92 Å². The predicted molar refractivity (Wildman–Crippen MR) is 130 cm³/mol. The Hall–Kier alpha value is -2.63. The van der Waals surface area contributed by atoms with Crippen LogP contribution in [0.3, 0.4) is 0 Å². The zero-order valence-electron chi connectivity index (χ0n) is 19.0. The number of rotatable bonds is 5. The maximum atomic E-state index is 13.0. The van der Waals surface area contributed by atoms with Crippen LogP contribution in [0.1, 0.15) is 54.3 Å². The summed E-state index contributed by atoms with van der Waals surface area (Å²) in [6.45, 7) is 4.49. The molecule has 0 saturated carbocycles. The second kappa shape index (κ2) is 9.70. The second-order valence-electron chi connectivity index (χ2n) is 9.23. The van der Waals surface area contributed by atoms with Gasteiger partial charge in [0.05, 0.1) is 11.7 Å². The fourth-order valence-corrected chi connectivity index (χ4v) is 5.18. The summed E-state index contributed by atoms with van der Waals surface area (Å²) >= 11 is 5.99. The van der Waals surface area contributed by atoms with Crippen LogP contribution in [-0.4, -0.2) is 28.9 Å². The maximum absolute atomic E-state index is 13.0. The number of piperidine rings is 1. The molecular weight excluding hydrogens is 434 g/mol. The summed E-state index contributed by atoms with van der Waals surface area (Å²) in [6.07, 6.45) is 5.03. The number of fused-ring (bicyclic) bond motifs is 1. The number of amides is 1. The van der Waals surface area contributed by atoms with Gasteiger partial charge in [0.25, 0.3) is 0 Å². The number of carbonyl (C=O) groups is 1. The fraction of sp³-hybridized carbons (Fsp3) is 0.407. The number of carbonyl (C=O) groups excluding carboxylic acids is 1. The van der Waals surface area contributed by atoms with E-state index in [4.69, 9.17) is 21.0 Å². The van der Waals surface area contributed by atoms with Crippen LogP contribution in [0.15, 0.2) is 52.9 Å². The van der Waals surface area contributed by atoms with Gasteiger partial charge in [-0.15, -0.1) is 0 Å². The zero-order chi connectivity index (χ0) is 22.8. The molecule has 2 aromatic carbocycles.